The summed E-state index contributed by atoms with van der Waals surface area (Å²) in [4.78, 5) is 4.10. The van der Waals surface area contributed by atoms with Gasteiger partial charge in [-0.15, -0.1) is 0 Å². The fraction of sp³-hybridized carbons (Fsp3) is 0.400. The molecule has 0 bridgehead atoms. The second-order valence-electron chi connectivity index (χ2n) is 3.44. The first kappa shape index (κ1) is 11.3. The lowest BCUT2D eigenvalue weighted by atomic mass is 10.3. The maximum atomic E-state index is 5.62. The standard InChI is InChI=1S/C10H16N4O/c1-7(2)5-12-10(11)13-6-9-4-8(3)15-14-9/h4H,1,5-6H2,2-3H3,(H3,11,12,13). The lowest BCUT2D eigenvalue weighted by Gasteiger charge is -2.03. The molecular weight excluding hydrogens is 192 g/mol. The van der Waals surface area contributed by atoms with Gasteiger partial charge in [0.05, 0.1) is 6.54 Å². The van der Waals surface area contributed by atoms with E-state index in [2.05, 4.69) is 22.0 Å². The van der Waals surface area contributed by atoms with Crippen molar-refractivity contribution in [3.8, 4) is 0 Å². The maximum absolute atomic E-state index is 5.62. The van der Waals surface area contributed by atoms with Gasteiger partial charge in [0.25, 0.3) is 0 Å². The summed E-state index contributed by atoms with van der Waals surface area (Å²) in [6.07, 6.45) is 0. The number of nitrogens with zero attached hydrogens (tertiary/aromatic N) is 2. The van der Waals surface area contributed by atoms with Gasteiger partial charge < -0.3 is 15.6 Å². The Morgan fingerprint density at radius 2 is 2.47 bits per heavy atom. The molecule has 0 saturated heterocycles. The van der Waals surface area contributed by atoms with Crippen LogP contribution in [0.2, 0.25) is 0 Å². The zero-order valence-electron chi connectivity index (χ0n) is 9.08. The highest BCUT2D eigenvalue weighted by Crippen LogP contribution is 2.02. The summed E-state index contributed by atoms with van der Waals surface area (Å²) in [7, 11) is 0. The fourth-order valence-electron chi connectivity index (χ4n) is 0.956. The summed E-state index contributed by atoms with van der Waals surface area (Å²) in [5, 5.41) is 6.73. The third-order valence-electron chi connectivity index (χ3n) is 1.66. The molecule has 1 aromatic rings. The van der Waals surface area contributed by atoms with Gasteiger partial charge in [0.2, 0.25) is 0 Å². The van der Waals surface area contributed by atoms with Gasteiger partial charge in [0, 0.05) is 12.6 Å². The lowest BCUT2D eigenvalue weighted by Crippen LogP contribution is -2.32. The summed E-state index contributed by atoms with van der Waals surface area (Å²) >= 11 is 0. The molecular formula is C10H16N4O. The molecule has 3 N–H and O–H groups in total. The van der Waals surface area contributed by atoms with Crippen LogP contribution in [0.4, 0.5) is 0 Å². The Labute approximate surface area is 89.0 Å². The Hall–Kier alpha value is -1.78. The van der Waals surface area contributed by atoms with E-state index in [-0.39, 0.29) is 0 Å². The SMILES string of the molecule is C=C(C)CNC(N)=NCc1cc(C)on1. The number of guanidine groups is 1. The predicted octanol–water partition coefficient (Wildman–Crippen LogP) is 0.963. The van der Waals surface area contributed by atoms with E-state index in [0.717, 1.165) is 17.0 Å². The highest BCUT2D eigenvalue weighted by atomic mass is 16.5. The van der Waals surface area contributed by atoms with Gasteiger partial charge in [-0.05, 0) is 13.8 Å². The minimum absolute atomic E-state index is 0.388. The van der Waals surface area contributed by atoms with Gasteiger partial charge in [0.1, 0.15) is 11.5 Å². The molecule has 15 heavy (non-hydrogen) atoms. The van der Waals surface area contributed by atoms with Gasteiger partial charge >= 0.3 is 0 Å². The van der Waals surface area contributed by atoms with Crippen molar-refractivity contribution in [1.82, 2.24) is 10.5 Å². The summed E-state index contributed by atoms with van der Waals surface area (Å²) < 4.78 is 4.90. The van der Waals surface area contributed by atoms with Crippen LogP contribution in [0.3, 0.4) is 0 Å². The molecule has 5 nitrogen and oxygen atoms in total. The van der Waals surface area contributed by atoms with Crippen molar-refractivity contribution in [2.75, 3.05) is 6.54 Å². The fourth-order valence-corrected chi connectivity index (χ4v) is 0.956. The predicted molar refractivity (Wildman–Crippen MR) is 59.4 cm³/mol. The largest absolute Gasteiger partial charge is 0.370 e. The topological polar surface area (TPSA) is 76.4 Å². The Balaban J connectivity index is 2.40. The van der Waals surface area contributed by atoms with Gasteiger partial charge in [-0.1, -0.05) is 17.3 Å². The van der Waals surface area contributed by atoms with Gasteiger partial charge in [-0.2, -0.15) is 0 Å². The molecule has 0 amide bonds. The molecule has 0 atom stereocenters. The Kier molecular flexibility index (Phi) is 3.91. The molecule has 0 fully saturated rings. The van der Waals surface area contributed by atoms with Crippen molar-refractivity contribution in [1.29, 1.82) is 0 Å². The van der Waals surface area contributed by atoms with E-state index < -0.39 is 0 Å². The van der Waals surface area contributed by atoms with Gasteiger partial charge in [-0.25, -0.2) is 4.99 Å². The number of rotatable bonds is 4. The number of hydrogen-bond acceptors (Lipinski definition) is 3. The van der Waals surface area contributed by atoms with Gasteiger partial charge in [0.15, 0.2) is 5.96 Å². The number of nitrogens with one attached hydrogen (secondary N) is 1. The molecule has 5 heteroatoms. The molecule has 0 spiro atoms. The third-order valence-corrected chi connectivity index (χ3v) is 1.66. The van der Waals surface area contributed by atoms with Gasteiger partial charge in [-0.3, -0.25) is 0 Å². The first-order valence-electron chi connectivity index (χ1n) is 4.68. The normalized spacial score (nSPS) is 11.5. The molecule has 0 saturated carbocycles. The maximum Gasteiger partial charge on any atom is 0.189 e. The Bertz CT molecular complexity index is 367. The number of aliphatic imine (C=N–C) groups is 1. The van der Waals surface area contributed by atoms with Crippen molar-refractivity contribution >= 4 is 5.96 Å². The van der Waals surface area contributed by atoms with Crippen LogP contribution >= 0.6 is 0 Å². The lowest BCUT2D eigenvalue weighted by molar-refractivity contribution is 0.391. The van der Waals surface area contributed by atoms with E-state index in [9.17, 15) is 0 Å². The van der Waals surface area contributed by atoms with E-state index >= 15 is 0 Å². The molecule has 0 aliphatic rings. The van der Waals surface area contributed by atoms with Crippen LogP contribution in [0.15, 0.2) is 27.7 Å². The number of hydrogen-bond donors (Lipinski definition) is 2. The first-order valence-corrected chi connectivity index (χ1v) is 4.68. The second kappa shape index (κ2) is 5.19. The molecule has 1 rings (SSSR count). The van der Waals surface area contributed by atoms with E-state index in [1.165, 1.54) is 0 Å². The second-order valence-corrected chi connectivity index (χ2v) is 3.44. The van der Waals surface area contributed by atoms with Crippen molar-refractivity contribution in [2.24, 2.45) is 10.7 Å². The highest BCUT2D eigenvalue weighted by Gasteiger charge is 1.98. The smallest absolute Gasteiger partial charge is 0.189 e. The minimum Gasteiger partial charge on any atom is -0.370 e. The van der Waals surface area contributed by atoms with Crippen LogP contribution in [0.5, 0.6) is 0 Å². The molecule has 1 heterocycles. The van der Waals surface area contributed by atoms with Crippen LogP contribution in [-0.2, 0) is 6.54 Å². The minimum atomic E-state index is 0.388. The summed E-state index contributed by atoms with van der Waals surface area (Å²) in [5.41, 5.74) is 7.39. The van der Waals surface area contributed by atoms with Crippen molar-refractivity contribution in [3.63, 3.8) is 0 Å². The molecule has 0 radical (unpaired) electrons. The van der Waals surface area contributed by atoms with E-state index in [0.29, 0.717) is 19.0 Å². The average Bonchev–Trinajstić information content (AvgIpc) is 2.58. The summed E-state index contributed by atoms with van der Waals surface area (Å²) in [5.74, 6) is 1.16. The average molecular weight is 208 g/mol. The summed E-state index contributed by atoms with van der Waals surface area (Å²) in [6, 6.07) is 1.83. The molecule has 1 aromatic heterocycles. The summed E-state index contributed by atoms with van der Waals surface area (Å²) in [6.45, 7) is 8.56. The molecule has 0 aliphatic carbocycles. The van der Waals surface area contributed by atoms with Crippen LogP contribution in [0.25, 0.3) is 0 Å². The molecule has 0 unspecified atom stereocenters. The Morgan fingerprint density at radius 3 is 3.00 bits per heavy atom. The molecule has 82 valence electrons. The molecule has 0 aromatic carbocycles. The first-order chi connectivity index (χ1) is 7.08. The third kappa shape index (κ3) is 4.30. The van der Waals surface area contributed by atoms with E-state index in [1.807, 2.05) is 19.9 Å². The van der Waals surface area contributed by atoms with Crippen LogP contribution in [-0.4, -0.2) is 17.7 Å². The zero-order valence-corrected chi connectivity index (χ0v) is 9.08. The van der Waals surface area contributed by atoms with Crippen LogP contribution in [0.1, 0.15) is 18.4 Å². The number of aromatic nitrogens is 1. The van der Waals surface area contributed by atoms with Crippen molar-refractivity contribution in [3.05, 3.63) is 29.7 Å². The number of nitrogens with two attached hydrogens (primary N) is 1. The van der Waals surface area contributed by atoms with Crippen molar-refractivity contribution in [2.45, 2.75) is 20.4 Å². The Morgan fingerprint density at radius 1 is 1.73 bits per heavy atom. The van der Waals surface area contributed by atoms with E-state index in [1.54, 1.807) is 0 Å². The number of aryl methyl sites for hydroxylation is 1. The van der Waals surface area contributed by atoms with Crippen molar-refractivity contribution < 1.29 is 4.52 Å². The molecule has 0 aliphatic heterocycles. The van der Waals surface area contributed by atoms with Crippen LogP contribution in [0, 0.1) is 6.92 Å². The zero-order chi connectivity index (χ0) is 11.3. The van der Waals surface area contributed by atoms with Crippen LogP contribution < -0.4 is 11.1 Å². The van der Waals surface area contributed by atoms with E-state index in [4.69, 9.17) is 10.3 Å². The quantitative estimate of drug-likeness (QED) is 0.439. The highest BCUT2D eigenvalue weighted by molar-refractivity contribution is 5.77. The monoisotopic (exact) mass is 208 g/mol.